The molecule has 0 radical (unpaired) electrons. The van der Waals surface area contributed by atoms with Gasteiger partial charge in [-0.1, -0.05) is 13.8 Å². The Kier molecular flexibility index (Phi) is 6.04. The number of rotatable bonds is 6. The third kappa shape index (κ3) is 5.22. The summed E-state index contributed by atoms with van der Waals surface area (Å²) in [7, 11) is -0.182. The lowest BCUT2D eigenvalue weighted by atomic mass is 9.92. The predicted molar refractivity (Wildman–Crippen MR) is 74.6 cm³/mol. The summed E-state index contributed by atoms with van der Waals surface area (Å²) in [4.78, 5) is 2.45. The molecule has 2 atom stereocenters. The normalized spacial score (nSPS) is 26.7. The molecule has 0 spiro atoms. The molecule has 1 saturated heterocycles. The van der Waals surface area contributed by atoms with Gasteiger partial charge in [0.05, 0.1) is 0 Å². The number of nitrogens with zero attached hydrogens (tertiary/aromatic N) is 2. The Balaban J connectivity index is 2.22. The zero-order valence-corrected chi connectivity index (χ0v) is 12.8. The Bertz CT molecular complexity index is 333. The molecule has 108 valence electrons. The Labute approximate surface area is 112 Å². The molecule has 0 aromatic rings. The lowest BCUT2D eigenvalue weighted by Gasteiger charge is -2.34. The van der Waals surface area contributed by atoms with E-state index in [9.17, 15) is 8.42 Å². The SMILES string of the molecule is CC1CC(C)CN(CCCNS(=O)(=O)N(C)C)C1. The van der Waals surface area contributed by atoms with Gasteiger partial charge in [-0.3, -0.25) is 0 Å². The monoisotopic (exact) mass is 277 g/mol. The van der Waals surface area contributed by atoms with Crippen molar-refractivity contribution in [3.63, 3.8) is 0 Å². The van der Waals surface area contributed by atoms with Crippen molar-refractivity contribution >= 4 is 10.2 Å². The molecule has 1 aliphatic rings. The lowest BCUT2D eigenvalue weighted by Crippen LogP contribution is -2.41. The maximum atomic E-state index is 11.5. The minimum atomic E-state index is -3.26. The molecule has 6 heteroatoms. The molecule has 0 amide bonds. The second-order valence-electron chi connectivity index (χ2n) is 5.74. The average Bonchev–Trinajstić information content (AvgIpc) is 2.23. The molecule has 0 aliphatic carbocycles. The highest BCUT2D eigenvalue weighted by Gasteiger charge is 2.21. The number of nitrogens with one attached hydrogen (secondary N) is 1. The highest BCUT2D eigenvalue weighted by atomic mass is 32.2. The fourth-order valence-electron chi connectivity index (χ4n) is 2.61. The van der Waals surface area contributed by atoms with E-state index >= 15 is 0 Å². The van der Waals surface area contributed by atoms with Crippen LogP contribution < -0.4 is 4.72 Å². The van der Waals surface area contributed by atoms with E-state index in [-0.39, 0.29) is 0 Å². The molecular weight excluding hydrogens is 250 g/mol. The van der Waals surface area contributed by atoms with Crippen LogP contribution >= 0.6 is 0 Å². The molecule has 0 aromatic carbocycles. The summed E-state index contributed by atoms with van der Waals surface area (Å²) in [6.07, 6.45) is 2.18. The van der Waals surface area contributed by atoms with Crippen molar-refractivity contribution in [3.05, 3.63) is 0 Å². The van der Waals surface area contributed by atoms with Crippen molar-refractivity contribution in [3.8, 4) is 0 Å². The van der Waals surface area contributed by atoms with E-state index in [1.54, 1.807) is 0 Å². The molecule has 1 rings (SSSR count). The number of hydrogen-bond acceptors (Lipinski definition) is 3. The van der Waals surface area contributed by atoms with Crippen molar-refractivity contribution in [2.75, 3.05) is 40.3 Å². The fraction of sp³-hybridized carbons (Fsp3) is 1.00. The number of piperidine rings is 1. The van der Waals surface area contributed by atoms with Crippen molar-refractivity contribution < 1.29 is 8.42 Å². The Hall–Kier alpha value is -0.170. The van der Waals surface area contributed by atoms with Crippen LogP contribution in [0.1, 0.15) is 26.7 Å². The summed E-state index contributed by atoms with van der Waals surface area (Å²) in [6, 6.07) is 0. The minimum Gasteiger partial charge on any atom is -0.303 e. The summed E-state index contributed by atoms with van der Waals surface area (Å²) in [5.74, 6) is 1.51. The molecule has 18 heavy (non-hydrogen) atoms. The van der Waals surface area contributed by atoms with Crippen molar-refractivity contribution in [1.29, 1.82) is 0 Å². The van der Waals surface area contributed by atoms with E-state index in [4.69, 9.17) is 0 Å². The molecule has 1 heterocycles. The van der Waals surface area contributed by atoms with Gasteiger partial charge in [0.1, 0.15) is 0 Å². The number of likely N-dealkylation sites (tertiary alicyclic amines) is 1. The Morgan fingerprint density at radius 3 is 2.28 bits per heavy atom. The van der Waals surface area contributed by atoms with Gasteiger partial charge in [0, 0.05) is 33.7 Å². The van der Waals surface area contributed by atoms with Crippen LogP contribution in [0.15, 0.2) is 0 Å². The first kappa shape index (κ1) is 15.9. The molecular formula is C12H27N3O2S. The highest BCUT2D eigenvalue weighted by molar-refractivity contribution is 7.87. The van der Waals surface area contributed by atoms with Crippen molar-refractivity contribution in [1.82, 2.24) is 13.9 Å². The third-order valence-corrected chi connectivity index (χ3v) is 4.89. The van der Waals surface area contributed by atoms with Crippen LogP contribution in [0.3, 0.4) is 0 Å². The van der Waals surface area contributed by atoms with Gasteiger partial charge in [0.25, 0.3) is 10.2 Å². The summed E-state index contributed by atoms with van der Waals surface area (Å²) >= 11 is 0. The second-order valence-corrected chi connectivity index (χ2v) is 7.71. The highest BCUT2D eigenvalue weighted by Crippen LogP contribution is 2.20. The average molecular weight is 277 g/mol. The van der Waals surface area contributed by atoms with Crippen LogP contribution in [0.25, 0.3) is 0 Å². The maximum absolute atomic E-state index is 11.5. The molecule has 0 aromatic heterocycles. The van der Waals surface area contributed by atoms with Crippen LogP contribution in [0, 0.1) is 11.8 Å². The topological polar surface area (TPSA) is 52.7 Å². The maximum Gasteiger partial charge on any atom is 0.278 e. The zero-order chi connectivity index (χ0) is 13.8. The largest absolute Gasteiger partial charge is 0.303 e. The zero-order valence-electron chi connectivity index (χ0n) is 12.0. The van der Waals surface area contributed by atoms with E-state index < -0.39 is 10.2 Å². The summed E-state index contributed by atoms with van der Waals surface area (Å²) in [5, 5.41) is 0. The summed E-state index contributed by atoms with van der Waals surface area (Å²) < 4.78 is 26.8. The predicted octanol–water partition coefficient (Wildman–Crippen LogP) is 0.750. The van der Waals surface area contributed by atoms with E-state index in [0.29, 0.717) is 6.54 Å². The molecule has 5 nitrogen and oxygen atoms in total. The smallest absolute Gasteiger partial charge is 0.278 e. The van der Waals surface area contributed by atoms with Crippen molar-refractivity contribution in [2.45, 2.75) is 26.7 Å². The summed E-state index contributed by atoms with van der Waals surface area (Å²) in [6.45, 7) is 8.36. The van der Waals surface area contributed by atoms with Gasteiger partial charge in [-0.15, -0.1) is 0 Å². The molecule has 2 unspecified atom stereocenters. The molecule has 1 N–H and O–H groups in total. The first-order valence-electron chi connectivity index (χ1n) is 6.70. The minimum absolute atomic E-state index is 0.514. The van der Waals surface area contributed by atoms with Gasteiger partial charge < -0.3 is 4.90 Å². The summed E-state index contributed by atoms with van der Waals surface area (Å²) in [5.41, 5.74) is 0. The van der Waals surface area contributed by atoms with E-state index in [1.807, 2.05) is 0 Å². The lowest BCUT2D eigenvalue weighted by molar-refractivity contribution is 0.140. The second kappa shape index (κ2) is 6.84. The van der Waals surface area contributed by atoms with Gasteiger partial charge in [-0.05, 0) is 31.2 Å². The van der Waals surface area contributed by atoms with Crippen LogP contribution in [-0.2, 0) is 10.2 Å². The van der Waals surface area contributed by atoms with Gasteiger partial charge in [0.2, 0.25) is 0 Å². The van der Waals surface area contributed by atoms with Crippen LogP contribution in [-0.4, -0.2) is 57.9 Å². The Morgan fingerprint density at radius 1 is 1.22 bits per heavy atom. The molecule has 1 aliphatic heterocycles. The van der Waals surface area contributed by atoms with Crippen LogP contribution in [0.2, 0.25) is 0 Å². The van der Waals surface area contributed by atoms with Crippen molar-refractivity contribution in [2.24, 2.45) is 11.8 Å². The van der Waals surface area contributed by atoms with E-state index in [1.165, 1.54) is 24.8 Å². The quantitative estimate of drug-likeness (QED) is 0.729. The van der Waals surface area contributed by atoms with Gasteiger partial charge >= 0.3 is 0 Å². The van der Waals surface area contributed by atoms with E-state index in [2.05, 4.69) is 23.5 Å². The van der Waals surface area contributed by atoms with E-state index in [0.717, 1.165) is 37.9 Å². The fourth-order valence-corrected chi connectivity index (χ4v) is 3.27. The van der Waals surface area contributed by atoms with Gasteiger partial charge in [0.15, 0.2) is 0 Å². The van der Waals surface area contributed by atoms with Gasteiger partial charge in [-0.25, -0.2) is 4.72 Å². The standard InChI is InChI=1S/C12H27N3O2S/c1-11-8-12(2)10-15(9-11)7-5-6-13-18(16,17)14(3)4/h11-13H,5-10H2,1-4H3. The van der Waals surface area contributed by atoms with Gasteiger partial charge in [-0.2, -0.15) is 12.7 Å². The van der Waals surface area contributed by atoms with Crippen LogP contribution in [0.5, 0.6) is 0 Å². The van der Waals surface area contributed by atoms with Crippen LogP contribution in [0.4, 0.5) is 0 Å². The molecule has 1 fully saturated rings. The molecule has 0 bridgehead atoms. The first-order valence-corrected chi connectivity index (χ1v) is 8.14. The molecule has 0 saturated carbocycles. The third-order valence-electron chi connectivity index (χ3n) is 3.36. The first-order chi connectivity index (χ1) is 8.31. The Morgan fingerprint density at radius 2 is 1.78 bits per heavy atom. The number of hydrogen-bond donors (Lipinski definition) is 1.